The average Bonchev–Trinajstić information content (AvgIpc) is 3.23. The molecule has 0 aliphatic heterocycles. The van der Waals surface area contributed by atoms with E-state index in [0.717, 1.165) is 10.3 Å². The topological polar surface area (TPSA) is 176 Å². The van der Waals surface area contributed by atoms with Crippen LogP contribution in [0, 0.1) is 0 Å². The van der Waals surface area contributed by atoms with E-state index in [4.69, 9.17) is 40.5 Å². The van der Waals surface area contributed by atoms with Crippen LogP contribution in [-0.2, 0) is 0 Å². The van der Waals surface area contributed by atoms with Crippen molar-refractivity contribution in [1.29, 1.82) is 0 Å². The lowest BCUT2D eigenvalue weighted by molar-refractivity contribution is 0.135. The number of carboxylic acid groups (broad SMARTS) is 4. The van der Waals surface area contributed by atoms with E-state index in [-0.39, 0.29) is 6.10 Å². The molecule has 182 valence electrons. The molecule has 2 heterocycles. The van der Waals surface area contributed by atoms with Crippen LogP contribution in [0.4, 0.5) is 15.4 Å². The van der Waals surface area contributed by atoms with Crippen LogP contribution >= 0.6 is 11.3 Å². The second-order valence-electron chi connectivity index (χ2n) is 6.07. The quantitative estimate of drug-likeness (QED) is 0.228. The van der Waals surface area contributed by atoms with Gasteiger partial charge in [-0.05, 0) is 25.3 Å². The van der Waals surface area contributed by atoms with E-state index >= 15 is 0 Å². The molecule has 0 saturated heterocycles. The minimum absolute atomic E-state index is 0.0580. The van der Waals surface area contributed by atoms with Crippen molar-refractivity contribution in [1.82, 2.24) is 9.97 Å². The van der Waals surface area contributed by atoms with Crippen molar-refractivity contribution >= 4 is 39.8 Å². The van der Waals surface area contributed by atoms with Gasteiger partial charge in [-0.2, -0.15) is 0 Å². The van der Waals surface area contributed by atoms with Gasteiger partial charge in [-0.15, -0.1) is 11.3 Å². The third kappa shape index (κ3) is 17.3. The number of rotatable bonds is 2. The number of aromatic nitrogens is 2. The van der Waals surface area contributed by atoms with Gasteiger partial charge in [0.15, 0.2) is 5.82 Å². The Balaban J connectivity index is 0.000000455. The molecule has 6 N–H and O–H groups in total. The zero-order chi connectivity index (χ0) is 25.8. The number of hydrogen-bond donors (Lipinski definition) is 5. The summed E-state index contributed by atoms with van der Waals surface area (Å²) < 4.78 is 5.43. The molecule has 2 aromatic carbocycles. The van der Waals surface area contributed by atoms with Crippen LogP contribution in [-0.4, -0.2) is 48.8 Å². The first-order valence-electron chi connectivity index (χ1n) is 9.64. The van der Waals surface area contributed by atoms with Crippen LogP contribution in [0.3, 0.4) is 0 Å². The van der Waals surface area contributed by atoms with Gasteiger partial charge in [-0.25, -0.2) is 19.6 Å². The van der Waals surface area contributed by atoms with Crippen molar-refractivity contribution in [2.45, 2.75) is 20.0 Å². The molecule has 0 bridgehead atoms. The second-order valence-corrected chi connectivity index (χ2v) is 6.96. The van der Waals surface area contributed by atoms with Crippen molar-refractivity contribution in [3.8, 4) is 5.88 Å². The zero-order valence-electron chi connectivity index (χ0n) is 18.6. The minimum Gasteiger partial charge on any atom is -0.472 e. The fourth-order valence-corrected chi connectivity index (χ4v) is 2.58. The molecule has 11 heteroatoms. The molecule has 0 radical (unpaired) electrons. The van der Waals surface area contributed by atoms with E-state index in [2.05, 4.69) is 9.97 Å². The highest BCUT2D eigenvalue weighted by Gasteiger charge is 2.08. The van der Waals surface area contributed by atoms with E-state index in [1.165, 1.54) is 11.3 Å². The van der Waals surface area contributed by atoms with Crippen LogP contribution in [0.2, 0.25) is 0 Å². The highest BCUT2D eigenvalue weighted by Crippen LogP contribution is 2.24. The summed E-state index contributed by atoms with van der Waals surface area (Å²) in [6.07, 6.45) is -3.61. The minimum atomic E-state index is -1.83. The maximum atomic E-state index is 8.56. The third-order valence-electron chi connectivity index (χ3n) is 2.97. The molecule has 4 aromatic rings. The monoisotopic (exact) mass is 489 g/mol. The fourth-order valence-electron chi connectivity index (χ4n) is 1.87. The number of carbonyl (C=O) groups is 2. The molecular weight excluding hydrogens is 462 g/mol. The molecule has 0 saturated carbocycles. The van der Waals surface area contributed by atoms with E-state index in [0.29, 0.717) is 11.7 Å². The zero-order valence-corrected chi connectivity index (χ0v) is 19.4. The SMILES string of the molecule is CC(C)Oc1nc2ccsc2nc1N.O=C(O)O.O=C(O)O.c1ccccc1.c1ccccc1. The van der Waals surface area contributed by atoms with Gasteiger partial charge in [-0.1, -0.05) is 72.8 Å². The van der Waals surface area contributed by atoms with Crippen LogP contribution in [0.5, 0.6) is 5.88 Å². The van der Waals surface area contributed by atoms with Gasteiger partial charge in [-0.3, -0.25) is 0 Å². The Labute approximate surface area is 200 Å². The fraction of sp³-hybridized carbons (Fsp3) is 0.130. The summed E-state index contributed by atoms with van der Waals surface area (Å²) in [6.45, 7) is 3.86. The Hall–Kier alpha value is -4.38. The molecular formula is C23H27N3O7S. The maximum absolute atomic E-state index is 8.56. The summed E-state index contributed by atoms with van der Waals surface area (Å²) in [5, 5.41) is 29.8. The van der Waals surface area contributed by atoms with E-state index in [9.17, 15) is 0 Å². The predicted molar refractivity (Wildman–Crippen MR) is 132 cm³/mol. The number of nitrogen functional groups attached to an aromatic ring is 1. The Morgan fingerprint density at radius 1 is 0.794 bits per heavy atom. The third-order valence-corrected chi connectivity index (χ3v) is 3.76. The molecule has 0 aliphatic rings. The Morgan fingerprint density at radius 3 is 1.47 bits per heavy atom. The van der Waals surface area contributed by atoms with Crippen molar-refractivity contribution in [2.75, 3.05) is 5.73 Å². The van der Waals surface area contributed by atoms with Gasteiger partial charge >= 0.3 is 12.3 Å². The Morgan fingerprint density at radius 2 is 1.15 bits per heavy atom. The number of nitrogens with zero attached hydrogens (tertiary/aromatic N) is 2. The summed E-state index contributed by atoms with van der Waals surface area (Å²) in [5.74, 6) is 0.777. The molecule has 0 spiro atoms. The summed E-state index contributed by atoms with van der Waals surface area (Å²) in [5.41, 5.74) is 6.54. The normalized spacial score (nSPS) is 8.79. The number of fused-ring (bicyclic) bond motifs is 1. The largest absolute Gasteiger partial charge is 0.503 e. The maximum Gasteiger partial charge on any atom is 0.503 e. The van der Waals surface area contributed by atoms with Gasteiger partial charge in [0, 0.05) is 0 Å². The molecule has 4 rings (SSSR count). The lowest BCUT2D eigenvalue weighted by atomic mass is 10.4. The van der Waals surface area contributed by atoms with Crippen LogP contribution in [0.15, 0.2) is 84.2 Å². The van der Waals surface area contributed by atoms with E-state index in [1.807, 2.05) is 98.1 Å². The Kier molecular flexibility index (Phi) is 15.9. The number of hydrogen-bond acceptors (Lipinski definition) is 7. The standard InChI is InChI=1S/C9H11N3OS.2C6H6.2CH2O3/c1-5(2)13-8-7(10)12-9-6(11-8)3-4-14-9;2*1-2-4-6-5-3-1;2*2-1(3)4/h3-5H,1-2H3,(H2,10,12);2*1-6H;2*(H2,2,3,4). The van der Waals surface area contributed by atoms with Gasteiger partial charge in [0.25, 0.3) is 5.88 Å². The van der Waals surface area contributed by atoms with Crippen molar-refractivity contribution in [3.63, 3.8) is 0 Å². The van der Waals surface area contributed by atoms with Crippen molar-refractivity contribution < 1.29 is 34.8 Å². The molecule has 0 fully saturated rings. The van der Waals surface area contributed by atoms with Crippen LogP contribution in [0.25, 0.3) is 10.3 Å². The molecule has 0 aliphatic carbocycles. The number of ether oxygens (including phenoxy) is 1. The number of thiophene rings is 1. The molecule has 0 amide bonds. The number of nitrogens with two attached hydrogens (primary N) is 1. The highest BCUT2D eigenvalue weighted by atomic mass is 32.1. The van der Waals surface area contributed by atoms with Gasteiger partial charge in [0.1, 0.15) is 10.3 Å². The van der Waals surface area contributed by atoms with E-state index in [1.54, 1.807) is 0 Å². The number of benzene rings is 2. The summed E-state index contributed by atoms with van der Waals surface area (Å²) in [6, 6.07) is 25.9. The molecule has 0 atom stereocenters. The molecule has 10 nitrogen and oxygen atoms in total. The summed E-state index contributed by atoms with van der Waals surface area (Å²) >= 11 is 1.52. The second kappa shape index (κ2) is 18.2. The van der Waals surface area contributed by atoms with Gasteiger partial charge < -0.3 is 30.9 Å². The summed E-state index contributed by atoms with van der Waals surface area (Å²) in [7, 11) is 0. The van der Waals surface area contributed by atoms with Gasteiger partial charge in [0.2, 0.25) is 0 Å². The molecule has 0 unspecified atom stereocenters. The van der Waals surface area contributed by atoms with Crippen LogP contribution in [0.1, 0.15) is 13.8 Å². The van der Waals surface area contributed by atoms with Gasteiger partial charge in [0.05, 0.1) is 6.10 Å². The first-order chi connectivity index (χ1) is 16.1. The summed E-state index contributed by atoms with van der Waals surface area (Å²) in [4.78, 5) is 26.4. The average molecular weight is 490 g/mol. The predicted octanol–water partition coefficient (Wildman–Crippen LogP) is 5.88. The first-order valence-corrected chi connectivity index (χ1v) is 10.5. The lowest BCUT2D eigenvalue weighted by Crippen LogP contribution is -2.09. The molecule has 34 heavy (non-hydrogen) atoms. The number of anilines is 1. The van der Waals surface area contributed by atoms with E-state index < -0.39 is 12.3 Å². The van der Waals surface area contributed by atoms with Crippen LogP contribution < -0.4 is 10.5 Å². The molecule has 2 aromatic heterocycles. The Bertz CT molecular complexity index is 957. The highest BCUT2D eigenvalue weighted by molar-refractivity contribution is 7.16. The van der Waals surface area contributed by atoms with Crippen molar-refractivity contribution in [3.05, 3.63) is 84.2 Å². The lowest BCUT2D eigenvalue weighted by Gasteiger charge is -2.09. The smallest absolute Gasteiger partial charge is 0.472 e. The van der Waals surface area contributed by atoms with Crippen molar-refractivity contribution in [2.24, 2.45) is 0 Å². The first kappa shape index (κ1) is 29.6.